The maximum atomic E-state index is 11.9. The maximum absolute atomic E-state index is 11.9. The number of carbonyl (C=O) groups is 2. The first kappa shape index (κ1) is 18.5. The molecule has 134 valence electrons. The van der Waals surface area contributed by atoms with Gasteiger partial charge in [0.15, 0.2) is 0 Å². The molecule has 2 N–H and O–H groups in total. The summed E-state index contributed by atoms with van der Waals surface area (Å²) in [5.74, 6) is 0.823. The Morgan fingerprint density at radius 2 is 1.79 bits per heavy atom. The summed E-state index contributed by atoms with van der Waals surface area (Å²) in [6.07, 6.45) is 2.53. The number of carbonyl (C=O) groups excluding carboxylic acids is 2. The van der Waals surface area contributed by atoms with E-state index >= 15 is 0 Å². The predicted molar refractivity (Wildman–Crippen MR) is 91.3 cm³/mol. The molecule has 0 saturated carbocycles. The normalized spacial score (nSPS) is 17.4. The molecule has 1 aliphatic heterocycles. The van der Waals surface area contributed by atoms with Gasteiger partial charge in [0.2, 0.25) is 11.8 Å². The van der Waals surface area contributed by atoms with Gasteiger partial charge in [0.05, 0.1) is 25.9 Å². The molecule has 7 heteroatoms. The minimum absolute atomic E-state index is 0.00522. The smallest absolute Gasteiger partial charge is 0.234 e. The van der Waals surface area contributed by atoms with Crippen LogP contribution < -0.4 is 10.6 Å². The van der Waals surface area contributed by atoms with Crippen molar-refractivity contribution in [1.82, 2.24) is 20.4 Å². The van der Waals surface area contributed by atoms with Gasteiger partial charge in [-0.15, -0.1) is 0 Å². The largest absolute Gasteiger partial charge is 0.467 e. The van der Waals surface area contributed by atoms with E-state index < -0.39 is 0 Å². The van der Waals surface area contributed by atoms with Gasteiger partial charge in [0.25, 0.3) is 0 Å². The number of hydrogen-bond acceptors (Lipinski definition) is 5. The van der Waals surface area contributed by atoms with Crippen molar-refractivity contribution in [3.63, 3.8) is 0 Å². The summed E-state index contributed by atoms with van der Waals surface area (Å²) in [5.41, 5.74) is 0. The van der Waals surface area contributed by atoms with Crippen molar-refractivity contribution in [1.29, 1.82) is 0 Å². The highest BCUT2D eigenvalue weighted by molar-refractivity contribution is 5.78. The number of piperazine rings is 1. The summed E-state index contributed by atoms with van der Waals surface area (Å²) in [6.45, 7) is 8.50. The highest BCUT2D eigenvalue weighted by Crippen LogP contribution is 2.02. The number of nitrogens with zero attached hydrogens (tertiary/aromatic N) is 2. The molecular weight excluding hydrogens is 308 g/mol. The minimum atomic E-state index is -0.00522. The summed E-state index contributed by atoms with van der Waals surface area (Å²) in [4.78, 5) is 28.1. The van der Waals surface area contributed by atoms with Gasteiger partial charge in [-0.1, -0.05) is 6.92 Å². The Labute approximate surface area is 143 Å². The Morgan fingerprint density at radius 3 is 2.33 bits per heavy atom. The van der Waals surface area contributed by atoms with Gasteiger partial charge in [-0.2, -0.15) is 0 Å². The summed E-state index contributed by atoms with van der Waals surface area (Å²) >= 11 is 0. The summed E-state index contributed by atoms with van der Waals surface area (Å²) < 4.78 is 5.19. The lowest BCUT2D eigenvalue weighted by Crippen LogP contribution is -2.52. The number of hydrogen-bond donors (Lipinski definition) is 2. The van der Waals surface area contributed by atoms with Crippen LogP contribution in [-0.2, 0) is 16.1 Å². The van der Waals surface area contributed by atoms with Gasteiger partial charge in [-0.25, -0.2) is 0 Å². The van der Waals surface area contributed by atoms with Crippen LogP contribution in [0.1, 0.15) is 26.0 Å². The van der Waals surface area contributed by atoms with E-state index in [1.165, 1.54) is 0 Å². The SMILES string of the molecule is CC[C@H](C)NC(=O)CN1CCN(CC(=O)NCc2ccco2)CC1. The first-order valence-electron chi connectivity index (χ1n) is 8.60. The molecule has 0 unspecified atom stereocenters. The first-order chi connectivity index (χ1) is 11.6. The molecule has 2 amide bonds. The summed E-state index contributed by atoms with van der Waals surface area (Å²) in [7, 11) is 0. The van der Waals surface area contributed by atoms with E-state index in [-0.39, 0.29) is 17.9 Å². The van der Waals surface area contributed by atoms with E-state index in [0.717, 1.165) is 38.4 Å². The van der Waals surface area contributed by atoms with Crippen LogP contribution in [0.3, 0.4) is 0 Å². The third kappa shape index (κ3) is 6.33. The second kappa shape index (κ2) is 9.44. The molecule has 7 nitrogen and oxygen atoms in total. The molecule has 1 fully saturated rings. The molecule has 1 aliphatic rings. The average molecular weight is 336 g/mol. The van der Waals surface area contributed by atoms with Gasteiger partial charge in [-0.05, 0) is 25.5 Å². The van der Waals surface area contributed by atoms with Crippen molar-refractivity contribution in [3.05, 3.63) is 24.2 Å². The second-order valence-electron chi connectivity index (χ2n) is 6.29. The molecule has 2 rings (SSSR count). The topological polar surface area (TPSA) is 77.8 Å². The van der Waals surface area contributed by atoms with Crippen LogP contribution in [0.5, 0.6) is 0 Å². The minimum Gasteiger partial charge on any atom is -0.467 e. The zero-order valence-corrected chi connectivity index (χ0v) is 14.6. The fraction of sp³-hybridized carbons (Fsp3) is 0.647. The van der Waals surface area contributed by atoms with Crippen LogP contribution in [-0.4, -0.2) is 66.9 Å². The summed E-state index contributed by atoms with van der Waals surface area (Å²) in [6, 6.07) is 3.86. The molecule has 0 radical (unpaired) electrons. The Hall–Kier alpha value is -1.86. The fourth-order valence-electron chi connectivity index (χ4n) is 2.59. The number of rotatable bonds is 8. The van der Waals surface area contributed by atoms with Crippen molar-refractivity contribution < 1.29 is 14.0 Å². The van der Waals surface area contributed by atoms with Crippen LogP contribution in [0.4, 0.5) is 0 Å². The first-order valence-corrected chi connectivity index (χ1v) is 8.60. The van der Waals surface area contributed by atoms with E-state index in [1.54, 1.807) is 12.3 Å². The molecule has 0 aliphatic carbocycles. The average Bonchev–Trinajstić information content (AvgIpc) is 3.08. The third-order valence-corrected chi connectivity index (χ3v) is 4.26. The van der Waals surface area contributed by atoms with Crippen LogP contribution in [0, 0.1) is 0 Å². The van der Waals surface area contributed by atoms with Crippen molar-refractivity contribution in [3.8, 4) is 0 Å². The molecular formula is C17H28N4O3. The maximum Gasteiger partial charge on any atom is 0.234 e. The molecule has 24 heavy (non-hydrogen) atoms. The van der Waals surface area contributed by atoms with Crippen LogP contribution in [0.15, 0.2) is 22.8 Å². The highest BCUT2D eigenvalue weighted by atomic mass is 16.3. The van der Waals surface area contributed by atoms with Crippen LogP contribution in [0.2, 0.25) is 0 Å². The molecule has 0 spiro atoms. The monoisotopic (exact) mass is 336 g/mol. The Balaban J connectivity index is 1.61. The van der Waals surface area contributed by atoms with E-state index in [1.807, 2.05) is 13.0 Å². The lowest BCUT2D eigenvalue weighted by molar-refractivity contribution is -0.125. The van der Waals surface area contributed by atoms with Crippen molar-refractivity contribution in [2.24, 2.45) is 0 Å². The number of furan rings is 1. The standard InChI is InChI=1S/C17H28N4O3/c1-3-14(2)19-17(23)13-21-8-6-20(7-9-21)12-16(22)18-11-15-5-4-10-24-15/h4-5,10,14H,3,6-9,11-13H2,1-2H3,(H,18,22)(H,19,23)/t14-/m0/s1. The molecule has 1 saturated heterocycles. The molecule has 1 aromatic heterocycles. The second-order valence-corrected chi connectivity index (χ2v) is 6.29. The zero-order chi connectivity index (χ0) is 17.4. The Kier molecular flexibility index (Phi) is 7.27. The third-order valence-electron chi connectivity index (χ3n) is 4.26. The van der Waals surface area contributed by atoms with E-state index in [4.69, 9.17) is 4.42 Å². The number of amides is 2. The van der Waals surface area contributed by atoms with Gasteiger partial charge in [0, 0.05) is 32.2 Å². The number of nitrogens with one attached hydrogen (secondary N) is 2. The van der Waals surface area contributed by atoms with Crippen molar-refractivity contribution in [2.75, 3.05) is 39.3 Å². The quantitative estimate of drug-likeness (QED) is 0.720. The van der Waals surface area contributed by atoms with Crippen LogP contribution >= 0.6 is 0 Å². The Bertz CT molecular complexity index is 510. The lowest BCUT2D eigenvalue weighted by atomic mass is 10.2. The van der Waals surface area contributed by atoms with Crippen molar-refractivity contribution in [2.45, 2.75) is 32.9 Å². The molecule has 1 atom stereocenters. The van der Waals surface area contributed by atoms with Crippen LogP contribution in [0.25, 0.3) is 0 Å². The van der Waals surface area contributed by atoms with E-state index in [0.29, 0.717) is 19.6 Å². The van der Waals surface area contributed by atoms with Gasteiger partial charge >= 0.3 is 0 Å². The lowest BCUT2D eigenvalue weighted by Gasteiger charge is -2.34. The predicted octanol–water partition coefficient (Wildman–Crippen LogP) is 0.428. The molecule has 0 aromatic carbocycles. The summed E-state index contributed by atoms with van der Waals surface area (Å²) in [5, 5.41) is 5.83. The van der Waals surface area contributed by atoms with Gasteiger partial charge in [0.1, 0.15) is 5.76 Å². The molecule has 0 bridgehead atoms. The van der Waals surface area contributed by atoms with Gasteiger partial charge in [-0.3, -0.25) is 19.4 Å². The van der Waals surface area contributed by atoms with Gasteiger partial charge < -0.3 is 15.1 Å². The molecule has 2 heterocycles. The fourth-order valence-corrected chi connectivity index (χ4v) is 2.59. The highest BCUT2D eigenvalue weighted by Gasteiger charge is 2.20. The van der Waals surface area contributed by atoms with E-state index in [9.17, 15) is 9.59 Å². The molecule has 1 aromatic rings. The zero-order valence-electron chi connectivity index (χ0n) is 14.6. The Morgan fingerprint density at radius 1 is 1.17 bits per heavy atom. The van der Waals surface area contributed by atoms with Crippen molar-refractivity contribution >= 4 is 11.8 Å². The van der Waals surface area contributed by atoms with E-state index in [2.05, 4.69) is 27.4 Å².